The Balaban J connectivity index is 1.77. The molecule has 2 heterocycles. The summed E-state index contributed by atoms with van der Waals surface area (Å²) in [6.07, 6.45) is 3.07. The molecule has 3 rings (SSSR count). The van der Waals surface area contributed by atoms with Gasteiger partial charge in [-0.05, 0) is 43.7 Å². The lowest BCUT2D eigenvalue weighted by Crippen LogP contribution is -2.03. The molecule has 0 spiro atoms. The number of nitrogens with zero attached hydrogens (tertiary/aromatic N) is 3. The minimum absolute atomic E-state index is 0.310. The topological polar surface area (TPSA) is 61.0 Å². The fourth-order valence-electron chi connectivity index (χ4n) is 1.96. The molecule has 0 saturated heterocycles. The number of aryl methyl sites for hydroxylation is 1. The van der Waals surface area contributed by atoms with Gasteiger partial charge in [0.25, 0.3) is 5.89 Å². The Hall–Kier alpha value is -2.69. The predicted octanol–water partition coefficient (Wildman–Crippen LogP) is 3.58. The summed E-state index contributed by atoms with van der Waals surface area (Å²) in [6, 6.07) is 11.5. The van der Waals surface area contributed by atoms with Crippen molar-refractivity contribution in [2.75, 3.05) is 0 Å². The monoisotopic (exact) mass is 281 g/mol. The van der Waals surface area contributed by atoms with Crippen molar-refractivity contribution in [1.29, 1.82) is 0 Å². The normalized spacial score (nSPS) is 12.1. The largest absolute Gasteiger partial charge is 0.481 e. The molecule has 1 aromatic carbocycles. The van der Waals surface area contributed by atoms with E-state index in [2.05, 4.69) is 15.1 Å². The summed E-state index contributed by atoms with van der Waals surface area (Å²) in [6.45, 7) is 3.90. The summed E-state index contributed by atoms with van der Waals surface area (Å²) >= 11 is 0. The molecular weight excluding hydrogens is 266 g/mol. The first-order valence-corrected chi connectivity index (χ1v) is 6.70. The first kappa shape index (κ1) is 13.3. The summed E-state index contributed by atoms with van der Waals surface area (Å²) in [4.78, 5) is 8.33. The Bertz CT molecular complexity index is 725. The van der Waals surface area contributed by atoms with Crippen LogP contribution < -0.4 is 4.74 Å². The summed E-state index contributed by atoms with van der Waals surface area (Å²) in [7, 11) is 0. The van der Waals surface area contributed by atoms with Crippen LogP contribution in [-0.4, -0.2) is 15.1 Å². The van der Waals surface area contributed by atoms with Gasteiger partial charge >= 0.3 is 0 Å². The molecule has 3 aromatic rings. The van der Waals surface area contributed by atoms with Crippen molar-refractivity contribution in [3.8, 4) is 17.1 Å². The second-order valence-corrected chi connectivity index (χ2v) is 4.77. The van der Waals surface area contributed by atoms with Crippen molar-refractivity contribution < 1.29 is 9.26 Å². The van der Waals surface area contributed by atoms with Crippen LogP contribution >= 0.6 is 0 Å². The molecule has 106 valence electrons. The minimum Gasteiger partial charge on any atom is -0.481 e. The van der Waals surface area contributed by atoms with Crippen LogP contribution in [0.15, 0.2) is 53.3 Å². The Morgan fingerprint density at radius 2 is 1.95 bits per heavy atom. The number of ether oxygens (including phenoxy) is 1. The van der Waals surface area contributed by atoms with Gasteiger partial charge in [0.05, 0.1) is 0 Å². The van der Waals surface area contributed by atoms with E-state index >= 15 is 0 Å². The second kappa shape index (κ2) is 5.75. The number of benzene rings is 1. The molecule has 0 bridgehead atoms. The Morgan fingerprint density at radius 3 is 2.71 bits per heavy atom. The van der Waals surface area contributed by atoms with Crippen molar-refractivity contribution in [1.82, 2.24) is 15.1 Å². The predicted molar refractivity (Wildman–Crippen MR) is 77.8 cm³/mol. The highest BCUT2D eigenvalue weighted by Gasteiger charge is 2.16. The Morgan fingerprint density at radius 1 is 1.14 bits per heavy atom. The molecule has 5 heteroatoms. The number of rotatable bonds is 4. The smallest absolute Gasteiger partial charge is 0.267 e. The third-order valence-corrected chi connectivity index (χ3v) is 3.03. The van der Waals surface area contributed by atoms with E-state index in [0.717, 1.165) is 16.9 Å². The van der Waals surface area contributed by atoms with E-state index in [1.54, 1.807) is 12.4 Å². The van der Waals surface area contributed by atoms with E-state index in [1.165, 1.54) is 0 Å². The van der Waals surface area contributed by atoms with Crippen LogP contribution in [0.3, 0.4) is 0 Å². The van der Waals surface area contributed by atoms with Crippen LogP contribution in [-0.2, 0) is 0 Å². The molecule has 0 aliphatic rings. The van der Waals surface area contributed by atoms with Gasteiger partial charge in [0.1, 0.15) is 5.75 Å². The van der Waals surface area contributed by atoms with Gasteiger partial charge in [-0.2, -0.15) is 4.98 Å². The SMILES string of the molecule is Cc1cccc(O[C@H](C)c2nc(-c3ccncc3)no2)c1. The van der Waals surface area contributed by atoms with Crippen LogP contribution in [0.4, 0.5) is 0 Å². The molecular formula is C16H15N3O2. The molecule has 0 aliphatic heterocycles. The molecule has 0 aliphatic carbocycles. The van der Waals surface area contributed by atoms with Gasteiger partial charge in [-0.15, -0.1) is 0 Å². The van der Waals surface area contributed by atoms with Gasteiger partial charge in [-0.1, -0.05) is 17.3 Å². The number of pyridine rings is 1. The maximum atomic E-state index is 5.82. The highest BCUT2D eigenvalue weighted by molar-refractivity contribution is 5.52. The standard InChI is InChI=1S/C16H15N3O2/c1-11-4-3-5-14(10-11)20-12(2)16-18-15(19-21-16)13-6-8-17-9-7-13/h3-10,12H,1-2H3/t12-/m1/s1. The molecule has 0 unspecified atom stereocenters. The van der Waals surface area contributed by atoms with Crippen molar-refractivity contribution in [2.45, 2.75) is 20.0 Å². The molecule has 2 aromatic heterocycles. The maximum Gasteiger partial charge on any atom is 0.267 e. The zero-order valence-corrected chi connectivity index (χ0v) is 11.9. The lowest BCUT2D eigenvalue weighted by atomic mass is 10.2. The Labute approximate surface area is 122 Å². The molecule has 0 saturated carbocycles. The van der Waals surface area contributed by atoms with Crippen LogP contribution in [0.1, 0.15) is 24.5 Å². The van der Waals surface area contributed by atoms with Gasteiger partial charge in [0.2, 0.25) is 5.82 Å². The summed E-state index contributed by atoms with van der Waals surface area (Å²) in [5, 5.41) is 3.97. The zero-order chi connectivity index (χ0) is 14.7. The van der Waals surface area contributed by atoms with Gasteiger partial charge in [0, 0.05) is 18.0 Å². The third kappa shape index (κ3) is 3.08. The van der Waals surface area contributed by atoms with E-state index in [9.17, 15) is 0 Å². The van der Waals surface area contributed by atoms with E-state index in [1.807, 2.05) is 50.2 Å². The van der Waals surface area contributed by atoms with Crippen molar-refractivity contribution in [2.24, 2.45) is 0 Å². The molecule has 0 radical (unpaired) electrons. The number of hydrogen-bond donors (Lipinski definition) is 0. The fraction of sp³-hybridized carbons (Fsp3) is 0.188. The first-order valence-electron chi connectivity index (χ1n) is 6.70. The Kier molecular flexibility index (Phi) is 3.64. The third-order valence-electron chi connectivity index (χ3n) is 3.03. The number of aromatic nitrogens is 3. The minimum atomic E-state index is -0.310. The van der Waals surface area contributed by atoms with Gasteiger partial charge in [-0.25, -0.2) is 0 Å². The van der Waals surface area contributed by atoms with Crippen LogP contribution in [0.2, 0.25) is 0 Å². The average molecular weight is 281 g/mol. The molecule has 0 amide bonds. The lowest BCUT2D eigenvalue weighted by Gasteiger charge is -2.10. The van der Waals surface area contributed by atoms with E-state index in [-0.39, 0.29) is 6.10 Å². The second-order valence-electron chi connectivity index (χ2n) is 4.77. The maximum absolute atomic E-state index is 5.82. The van der Waals surface area contributed by atoms with E-state index < -0.39 is 0 Å². The molecule has 1 atom stereocenters. The molecule has 0 fully saturated rings. The van der Waals surface area contributed by atoms with Crippen molar-refractivity contribution in [3.05, 3.63) is 60.2 Å². The van der Waals surface area contributed by atoms with Crippen molar-refractivity contribution >= 4 is 0 Å². The van der Waals surface area contributed by atoms with Gasteiger partial charge in [0.15, 0.2) is 6.10 Å². The van der Waals surface area contributed by atoms with E-state index in [0.29, 0.717) is 11.7 Å². The summed E-state index contributed by atoms with van der Waals surface area (Å²) < 4.78 is 11.1. The number of hydrogen-bond acceptors (Lipinski definition) is 5. The highest BCUT2D eigenvalue weighted by atomic mass is 16.5. The first-order chi connectivity index (χ1) is 10.2. The lowest BCUT2D eigenvalue weighted by molar-refractivity contribution is 0.175. The van der Waals surface area contributed by atoms with Crippen LogP contribution in [0, 0.1) is 6.92 Å². The quantitative estimate of drug-likeness (QED) is 0.731. The van der Waals surface area contributed by atoms with Crippen LogP contribution in [0.5, 0.6) is 5.75 Å². The van der Waals surface area contributed by atoms with E-state index in [4.69, 9.17) is 9.26 Å². The average Bonchev–Trinajstić information content (AvgIpc) is 2.98. The molecule has 5 nitrogen and oxygen atoms in total. The highest BCUT2D eigenvalue weighted by Crippen LogP contribution is 2.23. The van der Waals surface area contributed by atoms with Gasteiger partial charge in [-0.3, -0.25) is 4.98 Å². The van der Waals surface area contributed by atoms with Crippen molar-refractivity contribution in [3.63, 3.8) is 0 Å². The summed E-state index contributed by atoms with van der Waals surface area (Å²) in [5.41, 5.74) is 2.01. The molecule has 21 heavy (non-hydrogen) atoms. The zero-order valence-electron chi connectivity index (χ0n) is 11.9. The fourth-order valence-corrected chi connectivity index (χ4v) is 1.96. The van der Waals surface area contributed by atoms with Gasteiger partial charge < -0.3 is 9.26 Å². The summed E-state index contributed by atoms with van der Waals surface area (Å²) in [5.74, 6) is 1.77. The molecule has 0 N–H and O–H groups in total. The van der Waals surface area contributed by atoms with Crippen LogP contribution in [0.25, 0.3) is 11.4 Å².